The predicted molar refractivity (Wildman–Crippen MR) is 83.6 cm³/mol. The summed E-state index contributed by atoms with van der Waals surface area (Å²) in [6, 6.07) is 6.57. The summed E-state index contributed by atoms with van der Waals surface area (Å²) in [5, 5.41) is 12.3. The zero-order chi connectivity index (χ0) is 16.5. The molecule has 1 aromatic rings. The maximum Gasteiger partial charge on any atom is 0.306 e. The Kier molecular flexibility index (Phi) is 7.52. The second kappa shape index (κ2) is 9.15. The van der Waals surface area contributed by atoms with Crippen LogP contribution in [0.4, 0.5) is 10.1 Å². The number of nitrogens with one attached hydrogen (secondary N) is 1. The van der Waals surface area contributed by atoms with Gasteiger partial charge in [-0.2, -0.15) is 0 Å². The summed E-state index contributed by atoms with van der Waals surface area (Å²) in [6.07, 6.45) is 0.897. The van der Waals surface area contributed by atoms with Crippen LogP contribution < -0.4 is 11.1 Å². The van der Waals surface area contributed by atoms with Crippen molar-refractivity contribution >= 4 is 17.4 Å². The number of halogens is 1. The third-order valence-corrected chi connectivity index (χ3v) is 3.49. The molecule has 0 spiro atoms. The molecule has 0 aliphatic heterocycles. The molecule has 0 saturated carbocycles. The van der Waals surface area contributed by atoms with Crippen LogP contribution in [-0.4, -0.2) is 36.1 Å². The molecule has 0 aliphatic carbocycles. The largest absolute Gasteiger partial charge is 0.481 e. The number of Topliss-reactive ketones (excluding diaryl/α,β-unsaturated/α-hetero) is 1. The minimum atomic E-state index is -0.957. The van der Waals surface area contributed by atoms with E-state index in [-0.39, 0.29) is 18.9 Å². The van der Waals surface area contributed by atoms with Gasteiger partial charge in [0.25, 0.3) is 0 Å². The summed E-state index contributed by atoms with van der Waals surface area (Å²) in [5.41, 5.74) is 7.37. The number of carbonyl (C=O) groups excluding carboxylic acids is 1. The molecule has 1 aromatic carbocycles. The van der Waals surface area contributed by atoms with E-state index in [2.05, 4.69) is 5.32 Å². The van der Waals surface area contributed by atoms with E-state index in [0.717, 1.165) is 11.3 Å². The smallest absolute Gasteiger partial charge is 0.306 e. The average Bonchev–Trinajstić information content (AvgIpc) is 2.48. The fraction of sp³-hybridized carbons (Fsp3) is 0.500. The molecule has 2 atom stereocenters. The number of benzene rings is 1. The highest BCUT2D eigenvalue weighted by molar-refractivity contribution is 5.82. The number of carboxylic acids is 1. The van der Waals surface area contributed by atoms with Crippen molar-refractivity contribution in [2.45, 2.75) is 32.2 Å². The highest BCUT2D eigenvalue weighted by Crippen LogP contribution is 2.17. The summed E-state index contributed by atoms with van der Waals surface area (Å²) in [4.78, 5) is 22.5. The maximum atomic E-state index is 12.0. The monoisotopic (exact) mass is 310 g/mol. The quantitative estimate of drug-likeness (QED) is 0.575. The summed E-state index contributed by atoms with van der Waals surface area (Å²) in [5.74, 6) is -1.86. The number of ketones is 1. The highest BCUT2D eigenvalue weighted by atomic mass is 19.1. The Morgan fingerprint density at radius 2 is 1.95 bits per heavy atom. The number of alkyl halides is 1. The number of carboxylic acid groups (broad SMARTS) is 1. The van der Waals surface area contributed by atoms with Gasteiger partial charge in [0, 0.05) is 12.2 Å². The van der Waals surface area contributed by atoms with Crippen LogP contribution >= 0.6 is 0 Å². The molecule has 0 amide bonds. The Bertz CT molecular complexity index is 491. The van der Waals surface area contributed by atoms with Crippen LogP contribution in [0.15, 0.2) is 24.3 Å². The number of rotatable bonds is 10. The van der Waals surface area contributed by atoms with E-state index in [4.69, 9.17) is 5.73 Å². The molecule has 2 unspecified atom stereocenters. The van der Waals surface area contributed by atoms with Crippen molar-refractivity contribution in [2.75, 3.05) is 18.5 Å². The highest BCUT2D eigenvalue weighted by Gasteiger charge is 2.23. The third kappa shape index (κ3) is 6.22. The van der Waals surface area contributed by atoms with Gasteiger partial charge in [-0.15, -0.1) is 0 Å². The van der Waals surface area contributed by atoms with Crippen molar-refractivity contribution in [3.8, 4) is 0 Å². The molecule has 0 radical (unpaired) electrons. The number of anilines is 1. The standard InChI is InChI=1S/C16H23FN2O3/c1-11(20)15(18)10-13(16(21)22)9-12-3-5-14(6-4-12)19-8-2-7-17/h3-6,13,15,19H,2,7-10,18H2,1H3,(H,21,22). The van der Waals surface area contributed by atoms with Crippen molar-refractivity contribution in [2.24, 2.45) is 11.7 Å². The Balaban J connectivity index is 2.62. The zero-order valence-electron chi connectivity index (χ0n) is 12.7. The molecule has 0 bridgehead atoms. The SMILES string of the molecule is CC(=O)C(N)CC(Cc1ccc(NCCCF)cc1)C(=O)O. The van der Waals surface area contributed by atoms with E-state index in [1.807, 2.05) is 24.3 Å². The fourth-order valence-corrected chi connectivity index (χ4v) is 2.09. The lowest BCUT2D eigenvalue weighted by Crippen LogP contribution is -2.33. The lowest BCUT2D eigenvalue weighted by molar-refractivity contribution is -0.142. The number of carbonyl (C=O) groups is 2. The summed E-state index contributed by atoms with van der Waals surface area (Å²) in [7, 11) is 0. The average molecular weight is 310 g/mol. The Morgan fingerprint density at radius 1 is 1.32 bits per heavy atom. The molecular weight excluding hydrogens is 287 g/mol. The first-order chi connectivity index (χ1) is 10.4. The molecule has 0 aliphatic rings. The maximum absolute atomic E-state index is 12.0. The van der Waals surface area contributed by atoms with E-state index in [0.29, 0.717) is 19.4 Å². The van der Waals surface area contributed by atoms with E-state index in [1.165, 1.54) is 6.92 Å². The van der Waals surface area contributed by atoms with Gasteiger partial charge in [-0.3, -0.25) is 14.0 Å². The molecule has 0 saturated heterocycles. The van der Waals surface area contributed by atoms with E-state index in [1.54, 1.807) is 0 Å². The molecule has 0 fully saturated rings. The fourth-order valence-electron chi connectivity index (χ4n) is 2.09. The first-order valence-electron chi connectivity index (χ1n) is 7.31. The Labute approximate surface area is 129 Å². The van der Waals surface area contributed by atoms with Crippen LogP contribution in [0, 0.1) is 5.92 Å². The second-order valence-corrected chi connectivity index (χ2v) is 5.36. The summed E-state index contributed by atoms with van der Waals surface area (Å²) in [6.45, 7) is 1.56. The first-order valence-corrected chi connectivity index (χ1v) is 7.31. The van der Waals surface area contributed by atoms with Crippen LogP contribution in [0.3, 0.4) is 0 Å². The predicted octanol–water partition coefficient (Wildman–Crippen LogP) is 2.01. The van der Waals surface area contributed by atoms with Crippen LogP contribution in [0.5, 0.6) is 0 Å². The molecular formula is C16H23FN2O3. The molecule has 22 heavy (non-hydrogen) atoms. The van der Waals surface area contributed by atoms with Crippen molar-refractivity contribution in [1.82, 2.24) is 0 Å². The van der Waals surface area contributed by atoms with Crippen LogP contribution in [0.2, 0.25) is 0 Å². The van der Waals surface area contributed by atoms with Gasteiger partial charge in [0.15, 0.2) is 0 Å². The Hall–Kier alpha value is -1.95. The molecule has 1 rings (SSSR count). The van der Waals surface area contributed by atoms with Gasteiger partial charge in [-0.1, -0.05) is 12.1 Å². The van der Waals surface area contributed by atoms with Gasteiger partial charge >= 0.3 is 5.97 Å². The molecule has 5 nitrogen and oxygen atoms in total. The van der Waals surface area contributed by atoms with Crippen molar-refractivity contribution < 1.29 is 19.1 Å². The molecule has 0 heterocycles. The van der Waals surface area contributed by atoms with E-state index >= 15 is 0 Å². The lowest BCUT2D eigenvalue weighted by Gasteiger charge is -2.16. The molecule has 6 heteroatoms. The van der Waals surface area contributed by atoms with Crippen molar-refractivity contribution in [1.29, 1.82) is 0 Å². The zero-order valence-corrected chi connectivity index (χ0v) is 12.7. The summed E-state index contributed by atoms with van der Waals surface area (Å²) >= 11 is 0. The van der Waals surface area contributed by atoms with Crippen LogP contribution in [0.25, 0.3) is 0 Å². The van der Waals surface area contributed by atoms with Gasteiger partial charge in [0.2, 0.25) is 0 Å². The molecule has 122 valence electrons. The summed E-state index contributed by atoms with van der Waals surface area (Å²) < 4.78 is 12.0. The van der Waals surface area contributed by atoms with Crippen molar-refractivity contribution in [3.05, 3.63) is 29.8 Å². The van der Waals surface area contributed by atoms with Gasteiger partial charge < -0.3 is 16.2 Å². The van der Waals surface area contributed by atoms with Gasteiger partial charge in [0.05, 0.1) is 18.6 Å². The van der Waals surface area contributed by atoms with Crippen molar-refractivity contribution in [3.63, 3.8) is 0 Å². The lowest BCUT2D eigenvalue weighted by atomic mass is 9.92. The Morgan fingerprint density at radius 3 is 2.45 bits per heavy atom. The number of aliphatic carboxylic acids is 1. The van der Waals surface area contributed by atoms with Gasteiger partial charge in [-0.05, 0) is 43.9 Å². The van der Waals surface area contributed by atoms with Gasteiger partial charge in [-0.25, -0.2) is 0 Å². The van der Waals surface area contributed by atoms with E-state index < -0.39 is 17.9 Å². The van der Waals surface area contributed by atoms with Crippen LogP contribution in [-0.2, 0) is 16.0 Å². The second-order valence-electron chi connectivity index (χ2n) is 5.36. The number of hydrogen-bond donors (Lipinski definition) is 3. The van der Waals surface area contributed by atoms with Crippen LogP contribution in [0.1, 0.15) is 25.3 Å². The molecule has 4 N–H and O–H groups in total. The normalized spacial score (nSPS) is 13.4. The van der Waals surface area contributed by atoms with Gasteiger partial charge in [0.1, 0.15) is 5.78 Å². The number of hydrogen-bond acceptors (Lipinski definition) is 4. The number of nitrogens with two attached hydrogens (primary N) is 1. The minimum absolute atomic E-state index is 0.126. The van der Waals surface area contributed by atoms with E-state index in [9.17, 15) is 19.1 Å². The first kappa shape index (κ1) is 18.1. The topological polar surface area (TPSA) is 92.4 Å². The third-order valence-electron chi connectivity index (χ3n) is 3.49. The minimum Gasteiger partial charge on any atom is -0.481 e. The molecule has 0 aromatic heterocycles.